The van der Waals surface area contributed by atoms with Gasteiger partial charge in [-0.15, -0.1) is 11.3 Å². The van der Waals surface area contributed by atoms with Gasteiger partial charge in [-0.05, 0) is 36.6 Å². The molecule has 1 aromatic carbocycles. The van der Waals surface area contributed by atoms with Crippen LogP contribution in [0.1, 0.15) is 21.8 Å². The van der Waals surface area contributed by atoms with Gasteiger partial charge in [-0.25, -0.2) is 4.98 Å². The standard InChI is InChI=1S/C19H23N3O3S/c1-24-7-8-25-15-4-2-13(3-5-15)19(23)21-18-14-10-16(18)22(11-14)12-17-20-6-9-26-17/h2-6,9,14,16,18H,7-8,10-12H2,1H3,(H,21,23). The van der Waals surface area contributed by atoms with Crippen molar-refractivity contribution in [2.24, 2.45) is 5.92 Å². The third kappa shape index (κ3) is 3.60. The second-order valence-electron chi connectivity index (χ2n) is 6.78. The lowest BCUT2D eigenvalue weighted by Gasteiger charge is -2.37. The molecule has 1 aliphatic carbocycles. The van der Waals surface area contributed by atoms with E-state index < -0.39 is 0 Å². The van der Waals surface area contributed by atoms with Gasteiger partial charge in [0.1, 0.15) is 17.4 Å². The maximum absolute atomic E-state index is 12.6. The lowest BCUT2D eigenvalue weighted by Crippen LogP contribution is -2.54. The molecule has 0 radical (unpaired) electrons. The molecule has 7 heteroatoms. The van der Waals surface area contributed by atoms with Crippen LogP contribution >= 0.6 is 11.3 Å². The van der Waals surface area contributed by atoms with Gasteiger partial charge in [0.05, 0.1) is 13.2 Å². The summed E-state index contributed by atoms with van der Waals surface area (Å²) in [5.41, 5.74) is 0.668. The highest BCUT2D eigenvalue weighted by atomic mass is 32.1. The van der Waals surface area contributed by atoms with E-state index in [9.17, 15) is 4.79 Å². The number of carbonyl (C=O) groups excluding carboxylic acids is 1. The Morgan fingerprint density at radius 2 is 2.19 bits per heavy atom. The van der Waals surface area contributed by atoms with E-state index in [2.05, 4.69) is 15.2 Å². The van der Waals surface area contributed by atoms with Crippen molar-refractivity contribution in [3.05, 3.63) is 46.4 Å². The zero-order chi connectivity index (χ0) is 17.9. The van der Waals surface area contributed by atoms with Gasteiger partial charge in [0, 0.05) is 42.9 Å². The zero-order valence-electron chi connectivity index (χ0n) is 14.8. The fourth-order valence-electron chi connectivity index (χ4n) is 3.80. The molecular weight excluding hydrogens is 350 g/mol. The van der Waals surface area contributed by atoms with Crippen molar-refractivity contribution in [3.8, 4) is 5.75 Å². The molecule has 5 rings (SSSR count). The van der Waals surface area contributed by atoms with Crippen LogP contribution in [0.3, 0.4) is 0 Å². The highest BCUT2D eigenvalue weighted by Gasteiger charge is 2.52. The van der Waals surface area contributed by atoms with E-state index in [4.69, 9.17) is 9.47 Å². The smallest absolute Gasteiger partial charge is 0.251 e. The summed E-state index contributed by atoms with van der Waals surface area (Å²) < 4.78 is 10.5. The summed E-state index contributed by atoms with van der Waals surface area (Å²) >= 11 is 1.69. The van der Waals surface area contributed by atoms with Crippen LogP contribution in [-0.2, 0) is 11.3 Å². The molecular formula is C19H23N3O3S. The molecule has 1 saturated carbocycles. The van der Waals surface area contributed by atoms with Crippen molar-refractivity contribution in [3.63, 3.8) is 0 Å². The molecule has 3 fully saturated rings. The van der Waals surface area contributed by atoms with E-state index >= 15 is 0 Å². The largest absolute Gasteiger partial charge is 0.491 e. The van der Waals surface area contributed by atoms with E-state index in [0.717, 1.165) is 23.8 Å². The molecule has 26 heavy (non-hydrogen) atoms. The van der Waals surface area contributed by atoms with E-state index in [-0.39, 0.29) is 11.9 Å². The molecule has 138 valence electrons. The van der Waals surface area contributed by atoms with Gasteiger partial charge in [0.15, 0.2) is 0 Å². The summed E-state index contributed by atoms with van der Waals surface area (Å²) in [6.45, 7) is 2.98. The molecule has 1 amide bonds. The number of ether oxygens (including phenoxy) is 2. The quantitative estimate of drug-likeness (QED) is 0.719. The minimum atomic E-state index is -0.00996. The summed E-state index contributed by atoms with van der Waals surface area (Å²) in [5, 5.41) is 6.37. The van der Waals surface area contributed by atoms with Crippen molar-refractivity contribution in [1.29, 1.82) is 0 Å². The number of thiazole rings is 1. The summed E-state index contributed by atoms with van der Waals surface area (Å²) in [6, 6.07) is 7.96. The zero-order valence-corrected chi connectivity index (χ0v) is 15.6. The highest BCUT2D eigenvalue weighted by Crippen LogP contribution is 2.42. The van der Waals surface area contributed by atoms with Gasteiger partial charge in [-0.1, -0.05) is 0 Å². The second-order valence-corrected chi connectivity index (χ2v) is 7.76. The molecule has 3 unspecified atom stereocenters. The predicted octanol–water partition coefficient (Wildman–Crippen LogP) is 2.17. The molecule has 3 atom stereocenters. The summed E-state index contributed by atoms with van der Waals surface area (Å²) in [5.74, 6) is 1.29. The third-order valence-electron chi connectivity index (χ3n) is 5.20. The van der Waals surface area contributed by atoms with E-state index in [0.29, 0.717) is 30.7 Å². The highest BCUT2D eigenvalue weighted by molar-refractivity contribution is 7.09. The lowest BCUT2D eigenvalue weighted by molar-refractivity contribution is 0.0866. The first-order chi connectivity index (χ1) is 12.7. The van der Waals surface area contributed by atoms with Crippen LogP contribution in [0.5, 0.6) is 5.75 Å². The van der Waals surface area contributed by atoms with Crippen molar-refractivity contribution in [2.45, 2.75) is 25.0 Å². The summed E-state index contributed by atoms with van der Waals surface area (Å²) in [7, 11) is 1.64. The van der Waals surface area contributed by atoms with Crippen LogP contribution in [-0.4, -0.2) is 54.7 Å². The maximum atomic E-state index is 12.6. The number of carbonyl (C=O) groups is 1. The molecule has 6 nitrogen and oxygen atoms in total. The minimum Gasteiger partial charge on any atom is -0.491 e. The third-order valence-corrected chi connectivity index (χ3v) is 5.96. The Morgan fingerprint density at radius 1 is 1.35 bits per heavy atom. The first kappa shape index (κ1) is 17.5. The average Bonchev–Trinajstić information content (AvgIpc) is 3.37. The molecule has 2 aliphatic heterocycles. The van der Waals surface area contributed by atoms with Crippen LogP contribution < -0.4 is 10.1 Å². The number of rotatable bonds is 8. The van der Waals surface area contributed by atoms with Gasteiger partial charge in [0.25, 0.3) is 5.91 Å². The molecule has 2 bridgehead atoms. The summed E-state index contributed by atoms with van der Waals surface area (Å²) in [6.07, 6.45) is 3.02. The number of methoxy groups -OCH3 is 1. The molecule has 3 aliphatic rings. The van der Waals surface area contributed by atoms with E-state index in [1.807, 2.05) is 35.8 Å². The Hall–Kier alpha value is -1.96. The van der Waals surface area contributed by atoms with Gasteiger partial charge in [-0.3, -0.25) is 9.69 Å². The number of hydrogen-bond acceptors (Lipinski definition) is 6. The SMILES string of the molecule is COCCOc1ccc(C(=O)NC2C3CC2N(Cc2nccs2)C3)cc1. The van der Waals surface area contributed by atoms with Crippen molar-refractivity contribution >= 4 is 17.2 Å². The molecule has 2 saturated heterocycles. The van der Waals surface area contributed by atoms with Crippen LogP contribution in [0.4, 0.5) is 0 Å². The van der Waals surface area contributed by atoms with Gasteiger partial charge in [0.2, 0.25) is 0 Å². The van der Waals surface area contributed by atoms with Crippen LogP contribution in [0, 0.1) is 5.92 Å². The van der Waals surface area contributed by atoms with Crippen molar-refractivity contribution < 1.29 is 14.3 Å². The Morgan fingerprint density at radius 3 is 2.92 bits per heavy atom. The molecule has 3 heterocycles. The van der Waals surface area contributed by atoms with Gasteiger partial charge < -0.3 is 14.8 Å². The molecule has 2 aromatic rings. The lowest BCUT2D eigenvalue weighted by atomic mass is 9.80. The van der Waals surface area contributed by atoms with Crippen molar-refractivity contribution in [2.75, 3.05) is 26.9 Å². The van der Waals surface area contributed by atoms with Crippen LogP contribution in [0.2, 0.25) is 0 Å². The Balaban J connectivity index is 1.30. The fraction of sp³-hybridized carbons (Fsp3) is 0.474. The number of amides is 1. The van der Waals surface area contributed by atoms with E-state index in [1.54, 1.807) is 18.4 Å². The molecule has 1 aromatic heterocycles. The molecule has 1 N–H and O–H groups in total. The van der Waals surface area contributed by atoms with Gasteiger partial charge >= 0.3 is 0 Å². The number of aromatic nitrogens is 1. The predicted molar refractivity (Wildman–Crippen MR) is 99.5 cm³/mol. The van der Waals surface area contributed by atoms with Gasteiger partial charge in [-0.2, -0.15) is 0 Å². The molecule has 0 spiro atoms. The number of nitrogens with zero attached hydrogens (tertiary/aromatic N) is 2. The average molecular weight is 373 g/mol. The monoisotopic (exact) mass is 373 g/mol. The Labute approximate surface area is 157 Å². The fourth-order valence-corrected chi connectivity index (χ4v) is 4.44. The number of fused-ring (bicyclic) bond motifs is 1. The van der Waals surface area contributed by atoms with Crippen LogP contribution in [0.25, 0.3) is 0 Å². The number of benzene rings is 1. The van der Waals surface area contributed by atoms with E-state index in [1.165, 1.54) is 6.42 Å². The first-order valence-corrected chi connectivity index (χ1v) is 9.77. The van der Waals surface area contributed by atoms with Crippen molar-refractivity contribution in [1.82, 2.24) is 15.2 Å². The second kappa shape index (κ2) is 7.73. The Bertz CT molecular complexity index is 735. The summed E-state index contributed by atoms with van der Waals surface area (Å²) in [4.78, 5) is 19.4. The maximum Gasteiger partial charge on any atom is 0.251 e. The minimum absolute atomic E-state index is 0.00996. The number of hydrogen-bond donors (Lipinski definition) is 1. The topological polar surface area (TPSA) is 63.7 Å². The first-order valence-electron chi connectivity index (χ1n) is 8.89. The normalized spacial score (nSPS) is 24.3. The Kier molecular flexibility index (Phi) is 5.19. The van der Waals surface area contributed by atoms with Crippen LogP contribution in [0.15, 0.2) is 35.8 Å². The number of nitrogens with one attached hydrogen (secondary N) is 1.